The lowest BCUT2D eigenvalue weighted by atomic mass is 10.1. The summed E-state index contributed by atoms with van der Waals surface area (Å²) < 4.78 is 29.9. The Balaban J connectivity index is 1.75. The number of para-hydroxylation sites is 1. The molecule has 0 radical (unpaired) electrons. The molecule has 0 aliphatic heterocycles. The van der Waals surface area contributed by atoms with Crippen LogP contribution >= 0.6 is 11.6 Å². The maximum atomic E-state index is 14.5. The lowest BCUT2D eigenvalue weighted by molar-refractivity contribution is 0.0992. The van der Waals surface area contributed by atoms with E-state index >= 15 is 0 Å². The molecular formula is C22H14ClF2N5O2. The van der Waals surface area contributed by atoms with Gasteiger partial charge >= 0.3 is 0 Å². The molecule has 4 rings (SSSR count). The quantitative estimate of drug-likeness (QED) is 0.472. The number of pyridine rings is 1. The molecule has 2 aromatic carbocycles. The van der Waals surface area contributed by atoms with Crippen molar-refractivity contribution < 1.29 is 18.4 Å². The van der Waals surface area contributed by atoms with Crippen LogP contribution in [0.3, 0.4) is 0 Å². The molecule has 160 valence electrons. The molecule has 7 nitrogen and oxygen atoms in total. The molecule has 32 heavy (non-hydrogen) atoms. The zero-order chi connectivity index (χ0) is 22.8. The second-order valence-electron chi connectivity index (χ2n) is 6.63. The Labute approximate surface area is 185 Å². The van der Waals surface area contributed by atoms with Gasteiger partial charge in [0, 0.05) is 17.8 Å². The second-order valence-corrected chi connectivity index (χ2v) is 7.01. The van der Waals surface area contributed by atoms with Crippen LogP contribution in [-0.2, 0) is 0 Å². The van der Waals surface area contributed by atoms with Crippen LogP contribution in [0, 0.1) is 11.6 Å². The van der Waals surface area contributed by atoms with Gasteiger partial charge < -0.3 is 11.1 Å². The van der Waals surface area contributed by atoms with Gasteiger partial charge in [0.15, 0.2) is 5.69 Å². The van der Waals surface area contributed by atoms with E-state index in [0.29, 0.717) is 5.69 Å². The van der Waals surface area contributed by atoms with Gasteiger partial charge in [-0.2, -0.15) is 5.10 Å². The molecule has 0 saturated heterocycles. The van der Waals surface area contributed by atoms with E-state index in [1.54, 1.807) is 30.3 Å². The van der Waals surface area contributed by atoms with Gasteiger partial charge in [0.05, 0.1) is 16.3 Å². The fraction of sp³-hybridized carbons (Fsp3) is 0. The number of aromatic nitrogens is 3. The maximum Gasteiger partial charge on any atom is 0.269 e. The smallest absolute Gasteiger partial charge is 0.269 e. The molecule has 2 aromatic heterocycles. The monoisotopic (exact) mass is 453 g/mol. The Morgan fingerprint density at radius 2 is 1.75 bits per heavy atom. The van der Waals surface area contributed by atoms with Gasteiger partial charge in [0.1, 0.15) is 23.1 Å². The molecule has 0 unspecified atom stereocenters. The van der Waals surface area contributed by atoms with E-state index in [-0.39, 0.29) is 28.3 Å². The first-order chi connectivity index (χ1) is 15.3. The van der Waals surface area contributed by atoms with Gasteiger partial charge in [0.25, 0.3) is 11.8 Å². The van der Waals surface area contributed by atoms with E-state index in [4.69, 9.17) is 17.3 Å². The number of primary amides is 1. The van der Waals surface area contributed by atoms with Gasteiger partial charge in [0.2, 0.25) is 0 Å². The molecule has 3 N–H and O–H groups in total. The normalized spacial score (nSPS) is 10.7. The Hall–Kier alpha value is -4.11. The summed E-state index contributed by atoms with van der Waals surface area (Å²) in [5, 5.41) is 6.20. The number of amides is 2. The maximum absolute atomic E-state index is 14.5. The first-order valence-corrected chi connectivity index (χ1v) is 9.59. The summed E-state index contributed by atoms with van der Waals surface area (Å²) in [6.45, 7) is 0. The average molecular weight is 454 g/mol. The molecule has 4 aromatic rings. The number of nitrogens with zero attached hydrogens (tertiary/aromatic N) is 3. The molecule has 0 fully saturated rings. The second kappa shape index (κ2) is 8.56. The third kappa shape index (κ3) is 4.06. The number of nitrogens with one attached hydrogen (secondary N) is 1. The first-order valence-electron chi connectivity index (χ1n) is 9.21. The number of rotatable bonds is 5. The van der Waals surface area contributed by atoms with Gasteiger partial charge in [-0.1, -0.05) is 29.8 Å². The zero-order valence-corrected chi connectivity index (χ0v) is 17.0. The Morgan fingerprint density at radius 1 is 1.00 bits per heavy atom. The van der Waals surface area contributed by atoms with Crippen molar-refractivity contribution in [2.45, 2.75) is 0 Å². The number of carbonyl (C=O) groups is 2. The highest BCUT2D eigenvalue weighted by atomic mass is 35.5. The number of halogens is 3. The molecular weight excluding hydrogens is 440 g/mol. The van der Waals surface area contributed by atoms with Crippen molar-refractivity contribution in [2.75, 3.05) is 5.32 Å². The summed E-state index contributed by atoms with van der Waals surface area (Å²) in [4.78, 5) is 28.5. The third-order valence-electron chi connectivity index (χ3n) is 4.51. The van der Waals surface area contributed by atoms with E-state index < -0.39 is 28.5 Å². The van der Waals surface area contributed by atoms with Crippen LogP contribution in [0.25, 0.3) is 16.9 Å². The van der Waals surface area contributed by atoms with Crippen molar-refractivity contribution >= 4 is 29.2 Å². The number of nitrogens with two attached hydrogens (primary N) is 1. The number of hydrogen-bond acceptors (Lipinski definition) is 4. The zero-order valence-electron chi connectivity index (χ0n) is 16.2. The fourth-order valence-corrected chi connectivity index (χ4v) is 3.22. The highest BCUT2D eigenvalue weighted by Gasteiger charge is 2.21. The molecule has 0 saturated carbocycles. The van der Waals surface area contributed by atoms with E-state index in [1.165, 1.54) is 35.1 Å². The van der Waals surface area contributed by atoms with Crippen LogP contribution in [0.15, 0.2) is 66.9 Å². The minimum absolute atomic E-state index is 0.0320. The Morgan fingerprint density at radius 3 is 2.44 bits per heavy atom. The van der Waals surface area contributed by atoms with Crippen molar-refractivity contribution in [3.8, 4) is 16.9 Å². The number of benzene rings is 2. The van der Waals surface area contributed by atoms with Crippen molar-refractivity contribution in [2.24, 2.45) is 5.73 Å². The van der Waals surface area contributed by atoms with Crippen molar-refractivity contribution in [1.29, 1.82) is 0 Å². The summed E-state index contributed by atoms with van der Waals surface area (Å²) in [6, 6.07) is 14.7. The number of carbonyl (C=O) groups excluding carboxylic acids is 2. The number of hydrogen-bond donors (Lipinski definition) is 2. The highest BCUT2D eigenvalue weighted by molar-refractivity contribution is 6.34. The Bertz CT molecular complexity index is 1340. The lowest BCUT2D eigenvalue weighted by Crippen LogP contribution is -2.16. The minimum atomic E-state index is -0.922. The standard InChI is InChI=1S/C22H14ClF2N5O2/c23-19-14(9-12(10-16(19)25)20-15(24)7-4-8-27-20)22(32)28-18-11-17(21(26)31)29-30(18)13-5-2-1-3-6-13/h1-11H,(H2,26,31)(H,28,32). The lowest BCUT2D eigenvalue weighted by Gasteiger charge is -2.11. The van der Waals surface area contributed by atoms with E-state index in [9.17, 15) is 18.4 Å². The van der Waals surface area contributed by atoms with Crippen LogP contribution in [-0.4, -0.2) is 26.6 Å². The molecule has 0 aliphatic rings. The summed E-state index contributed by atoms with van der Waals surface area (Å²) in [5.74, 6) is -3.12. The van der Waals surface area contributed by atoms with Crippen molar-refractivity contribution in [1.82, 2.24) is 14.8 Å². The van der Waals surface area contributed by atoms with Crippen molar-refractivity contribution in [3.05, 3.63) is 94.8 Å². The van der Waals surface area contributed by atoms with Crippen LogP contribution in [0.1, 0.15) is 20.8 Å². The van der Waals surface area contributed by atoms with Crippen molar-refractivity contribution in [3.63, 3.8) is 0 Å². The van der Waals surface area contributed by atoms with Crippen LogP contribution in [0.4, 0.5) is 14.6 Å². The van der Waals surface area contributed by atoms with Gasteiger partial charge in [-0.25, -0.2) is 13.5 Å². The minimum Gasteiger partial charge on any atom is -0.364 e. The molecule has 2 amide bonds. The average Bonchev–Trinajstić information content (AvgIpc) is 3.20. The molecule has 10 heteroatoms. The Kier molecular flexibility index (Phi) is 5.65. The third-order valence-corrected chi connectivity index (χ3v) is 4.89. The van der Waals surface area contributed by atoms with Crippen LogP contribution < -0.4 is 11.1 Å². The van der Waals surface area contributed by atoms with Gasteiger partial charge in [-0.05, 0) is 36.4 Å². The molecule has 0 aliphatic carbocycles. The summed E-state index contributed by atoms with van der Waals surface area (Å²) in [5.41, 5.74) is 5.40. The summed E-state index contributed by atoms with van der Waals surface area (Å²) >= 11 is 6.02. The fourth-order valence-electron chi connectivity index (χ4n) is 3.03. The van der Waals surface area contributed by atoms with Gasteiger partial charge in [-0.3, -0.25) is 14.6 Å². The predicted molar refractivity (Wildman–Crippen MR) is 115 cm³/mol. The molecule has 2 heterocycles. The molecule has 0 atom stereocenters. The van der Waals surface area contributed by atoms with E-state index in [0.717, 1.165) is 6.07 Å². The SMILES string of the molecule is NC(=O)c1cc(NC(=O)c2cc(-c3ncccc3F)cc(F)c2Cl)n(-c2ccccc2)n1. The van der Waals surface area contributed by atoms with E-state index in [2.05, 4.69) is 15.4 Å². The predicted octanol–water partition coefficient (Wildman–Crippen LogP) is 4.22. The first kappa shape index (κ1) is 21.1. The largest absolute Gasteiger partial charge is 0.364 e. The topological polar surface area (TPSA) is 103 Å². The van der Waals surface area contributed by atoms with Crippen LogP contribution in [0.2, 0.25) is 5.02 Å². The highest BCUT2D eigenvalue weighted by Crippen LogP contribution is 2.29. The van der Waals surface area contributed by atoms with E-state index in [1.807, 2.05) is 0 Å². The molecule has 0 spiro atoms. The summed E-state index contributed by atoms with van der Waals surface area (Å²) in [7, 11) is 0. The molecule has 0 bridgehead atoms. The van der Waals surface area contributed by atoms with Gasteiger partial charge in [-0.15, -0.1) is 0 Å². The van der Waals surface area contributed by atoms with Crippen LogP contribution in [0.5, 0.6) is 0 Å². The number of anilines is 1. The summed E-state index contributed by atoms with van der Waals surface area (Å²) in [6.07, 6.45) is 1.34.